The minimum atomic E-state index is -0.453. The van der Waals surface area contributed by atoms with Gasteiger partial charge in [-0.25, -0.2) is 4.79 Å². The molecule has 2 unspecified atom stereocenters. The molecule has 0 aliphatic carbocycles. The van der Waals surface area contributed by atoms with Crippen LogP contribution in [0.25, 0.3) is 0 Å². The van der Waals surface area contributed by atoms with Gasteiger partial charge in [-0.2, -0.15) is 0 Å². The van der Waals surface area contributed by atoms with Crippen molar-refractivity contribution in [2.24, 2.45) is 0 Å². The highest BCUT2D eigenvalue weighted by atomic mass is 16.6. The van der Waals surface area contributed by atoms with E-state index < -0.39 is 6.09 Å². The maximum Gasteiger partial charge on any atom is 0.407 e. The summed E-state index contributed by atoms with van der Waals surface area (Å²) >= 11 is 0. The predicted octanol–water partition coefficient (Wildman–Crippen LogP) is -0.0145. The first-order valence-electron chi connectivity index (χ1n) is 9.91. The second kappa shape index (κ2) is 14.6. The zero-order valence-electron chi connectivity index (χ0n) is 17.0. The summed E-state index contributed by atoms with van der Waals surface area (Å²) in [5, 5.41) is 11.7. The third-order valence-electron chi connectivity index (χ3n) is 4.74. The molecule has 2 aliphatic rings. The normalized spacial score (nSPS) is 19.9. The third-order valence-corrected chi connectivity index (χ3v) is 4.74. The quantitative estimate of drug-likeness (QED) is 0.352. The summed E-state index contributed by atoms with van der Waals surface area (Å²) in [7, 11) is 1.64. The first kappa shape index (κ1) is 24.7. The monoisotopic (exact) mass is 410 g/mol. The fourth-order valence-corrected chi connectivity index (χ4v) is 3.20. The molecule has 2 heterocycles. The van der Waals surface area contributed by atoms with Gasteiger partial charge in [-0.15, -0.1) is 0 Å². The van der Waals surface area contributed by atoms with Crippen LogP contribution in [0.2, 0.25) is 0 Å². The molecule has 0 bridgehead atoms. The Hall–Kier alpha value is -2.36. The second-order valence-electron chi connectivity index (χ2n) is 6.80. The molecule has 0 aromatic heterocycles. The molecule has 0 spiro atoms. The zero-order valence-corrected chi connectivity index (χ0v) is 17.0. The van der Waals surface area contributed by atoms with Gasteiger partial charge in [0.15, 0.2) is 0 Å². The van der Waals surface area contributed by atoms with Crippen LogP contribution in [0, 0.1) is 0 Å². The van der Waals surface area contributed by atoms with Gasteiger partial charge >= 0.3 is 6.09 Å². The number of benzene rings is 1. The van der Waals surface area contributed by atoms with Gasteiger partial charge in [-0.1, -0.05) is 12.1 Å². The Balaban J connectivity index is 0.000000610. The molecule has 3 rings (SSSR count). The molecule has 2 fully saturated rings. The summed E-state index contributed by atoms with van der Waals surface area (Å²) in [6, 6.07) is 7.98. The van der Waals surface area contributed by atoms with Crippen molar-refractivity contribution in [3.05, 3.63) is 29.8 Å². The van der Waals surface area contributed by atoms with Gasteiger partial charge in [0.1, 0.15) is 11.9 Å². The van der Waals surface area contributed by atoms with E-state index >= 15 is 0 Å². The first-order chi connectivity index (χ1) is 13.7. The van der Waals surface area contributed by atoms with Crippen LogP contribution in [0.1, 0.15) is 24.8 Å². The van der Waals surface area contributed by atoms with E-state index in [0.29, 0.717) is 19.5 Å². The van der Waals surface area contributed by atoms with Crippen LogP contribution in [0.5, 0.6) is 5.75 Å². The Morgan fingerprint density at radius 3 is 2.48 bits per heavy atom. The lowest BCUT2D eigenvalue weighted by molar-refractivity contribution is -0.109. The van der Waals surface area contributed by atoms with Crippen molar-refractivity contribution in [3.63, 3.8) is 0 Å². The highest BCUT2D eigenvalue weighted by Gasteiger charge is 2.30. The topological polar surface area (TPSA) is 132 Å². The average Bonchev–Trinajstić information content (AvgIpc) is 3.42. The van der Waals surface area contributed by atoms with Crippen molar-refractivity contribution in [3.8, 4) is 5.75 Å². The lowest BCUT2D eigenvalue weighted by Gasteiger charge is -2.20. The minimum absolute atomic E-state index is 0. The van der Waals surface area contributed by atoms with E-state index in [2.05, 4.69) is 21.3 Å². The molecular weight excluding hydrogens is 376 g/mol. The van der Waals surface area contributed by atoms with E-state index in [-0.39, 0.29) is 17.6 Å². The summed E-state index contributed by atoms with van der Waals surface area (Å²) in [5.74, 6) is 0.823. The summed E-state index contributed by atoms with van der Waals surface area (Å²) < 4.78 is 10.6. The molecule has 1 aromatic carbocycles. The number of hydrogen-bond donors (Lipinski definition) is 4. The summed E-state index contributed by atoms with van der Waals surface area (Å²) in [5.41, 5.74) is 1.16. The van der Waals surface area contributed by atoms with Crippen molar-refractivity contribution in [1.82, 2.24) is 21.3 Å². The number of alkyl carbamates (subject to hydrolysis) is 1. The maximum atomic E-state index is 11.7. The van der Waals surface area contributed by atoms with Crippen LogP contribution in [-0.2, 0) is 16.0 Å². The van der Waals surface area contributed by atoms with Crippen molar-refractivity contribution >= 4 is 12.5 Å². The van der Waals surface area contributed by atoms with E-state index in [4.69, 9.17) is 9.47 Å². The zero-order chi connectivity index (χ0) is 20.0. The van der Waals surface area contributed by atoms with Crippen LogP contribution < -0.4 is 26.0 Å². The van der Waals surface area contributed by atoms with Crippen molar-refractivity contribution in [2.45, 2.75) is 37.8 Å². The SMILES string of the molecule is C1CCNC1.COc1ccc(CC2NCCC2OC(=O)NCCNC=O)cc1.O. The molecule has 2 amide bonds. The van der Waals surface area contributed by atoms with E-state index in [1.807, 2.05) is 24.3 Å². The Morgan fingerprint density at radius 2 is 1.90 bits per heavy atom. The Morgan fingerprint density at radius 1 is 1.17 bits per heavy atom. The number of hydrogen-bond acceptors (Lipinski definition) is 6. The standard InChI is InChI=1S/C16H23N3O4.C4H9N.H2O/c1-22-13-4-2-12(3-5-13)10-14-15(6-7-18-14)23-16(21)19-9-8-17-11-20;1-2-4-5-3-1;/h2-5,11,14-15,18H,6-10H2,1H3,(H,17,20)(H,19,21);5H,1-4H2;1H2. The summed E-state index contributed by atoms with van der Waals surface area (Å²) in [6.07, 6.45) is 4.34. The van der Waals surface area contributed by atoms with Gasteiger partial charge in [0.2, 0.25) is 6.41 Å². The molecule has 0 saturated carbocycles. The molecule has 0 radical (unpaired) electrons. The summed E-state index contributed by atoms with van der Waals surface area (Å²) in [6.45, 7) is 4.06. The van der Waals surface area contributed by atoms with Crippen molar-refractivity contribution < 1.29 is 24.5 Å². The first-order valence-corrected chi connectivity index (χ1v) is 9.91. The van der Waals surface area contributed by atoms with Crippen LogP contribution in [0.15, 0.2) is 24.3 Å². The smallest absolute Gasteiger partial charge is 0.407 e. The molecule has 9 nitrogen and oxygen atoms in total. The second-order valence-corrected chi connectivity index (χ2v) is 6.80. The molecule has 9 heteroatoms. The van der Waals surface area contributed by atoms with Crippen molar-refractivity contribution in [1.29, 1.82) is 0 Å². The van der Waals surface area contributed by atoms with E-state index in [1.54, 1.807) is 7.11 Å². The van der Waals surface area contributed by atoms with Crippen molar-refractivity contribution in [2.75, 3.05) is 39.8 Å². The number of rotatable bonds is 8. The van der Waals surface area contributed by atoms with Gasteiger partial charge in [-0.05, 0) is 63.0 Å². The fourth-order valence-electron chi connectivity index (χ4n) is 3.20. The lowest BCUT2D eigenvalue weighted by atomic mass is 10.0. The van der Waals surface area contributed by atoms with Crippen LogP contribution in [0.3, 0.4) is 0 Å². The molecule has 164 valence electrons. The molecule has 2 aliphatic heterocycles. The maximum absolute atomic E-state index is 11.7. The Kier molecular flexibility index (Phi) is 12.4. The molecule has 2 saturated heterocycles. The molecular formula is C20H34N4O5. The number of nitrogens with one attached hydrogen (secondary N) is 4. The molecule has 6 N–H and O–H groups in total. The number of amides is 2. The number of ether oxygens (including phenoxy) is 2. The number of methoxy groups -OCH3 is 1. The molecule has 2 atom stereocenters. The fraction of sp³-hybridized carbons (Fsp3) is 0.600. The largest absolute Gasteiger partial charge is 0.497 e. The third kappa shape index (κ3) is 9.60. The Bertz CT molecular complexity index is 573. The minimum Gasteiger partial charge on any atom is -0.497 e. The van der Waals surface area contributed by atoms with Crippen LogP contribution in [0.4, 0.5) is 4.79 Å². The summed E-state index contributed by atoms with van der Waals surface area (Å²) in [4.78, 5) is 21.9. The van der Waals surface area contributed by atoms with Crippen LogP contribution >= 0.6 is 0 Å². The highest BCUT2D eigenvalue weighted by Crippen LogP contribution is 2.18. The molecule has 29 heavy (non-hydrogen) atoms. The number of carbonyl (C=O) groups excluding carboxylic acids is 2. The average molecular weight is 411 g/mol. The van der Waals surface area contributed by atoms with E-state index in [1.165, 1.54) is 25.9 Å². The van der Waals surface area contributed by atoms with Gasteiger partial charge in [-0.3, -0.25) is 4.79 Å². The highest BCUT2D eigenvalue weighted by molar-refractivity contribution is 5.67. The molecule has 1 aromatic rings. The van der Waals surface area contributed by atoms with Gasteiger partial charge in [0, 0.05) is 19.1 Å². The van der Waals surface area contributed by atoms with Crippen LogP contribution in [-0.4, -0.2) is 70.0 Å². The lowest BCUT2D eigenvalue weighted by Crippen LogP contribution is -2.39. The predicted molar refractivity (Wildman–Crippen MR) is 111 cm³/mol. The van der Waals surface area contributed by atoms with Gasteiger partial charge in [0.05, 0.1) is 7.11 Å². The Labute approximate surface area is 172 Å². The van der Waals surface area contributed by atoms with Gasteiger partial charge in [0.25, 0.3) is 0 Å². The number of carbonyl (C=O) groups is 2. The van der Waals surface area contributed by atoms with Gasteiger partial charge < -0.3 is 36.2 Å². The van der Waals surface area contributed by atoms with E-state index in [0.717, 1.165) is 30.7 Å². The van der Waals surface area contributed by atoms with E-state index in [9.17, 15) is 9.59 Å².